The number of fused-ring (bicyclic) bond motifs is 6. The van der Waals surface area contributed by atoms with E-state index in [1.807, 2.05) is 22.8 Å². The molecule has 7 unspecified atom stereocenters. The molecule has 7 atom stereocenters. The molecular formula is C31H52F3N7OS. The Morgan fingerprint density at radius 3 is 2.72 bits per heavy atom. The van der Waals surface area contributed by atoms with Crippen LogP contribution in [0.15, 0.2) is 12.3 Å². The van der Waals surface area contributed by atoms with Gasteiger partial charge in [-0.2, -0.15) is 13.2 Å². The summed E-state index contributed by atoms with van der Waals surface area (Å²) in [4.78, 5) is 2.72. The molecule has 4 N–H and O–H groups in total. The normalized spacial score (nSPS) is 36.8. The molecule has 12 heteroatoms. The van der Waals surface area contributed by atoms with Gasteiger partial charge in [-0.15, -0.1) is 5.10 Å². The molecule has 0 aromatic carbocycles. The first-order chi connectivity index (χ1) is 20.6. The van der Waals surface area contributed by atoms with Crippen LogP contribution in [0.2, 0.25) is 0 Å². The van der Waals surface area contributed by atoms with E-state index in [1.165, 1.54) is 51.4 Å². The Bertz CT molecular complexity index is 1050. The summed E-state index contributed by atoms with van der Waals surface area (Å²) in [7, 11) is 0. The van der Waals surface area contributed by atoms with E-state index < -0.39 is 11.6 Å². The van der Waals surface area contributed by atoms with Gasteiger partial charge in [-0.3, -0.25) is 24.9 Å². The smallest absolute Gasteiger partial charge is 0.394 e. The predicted molar refractivity (Wildman–Crippen MR) is 164 cm³/mol. The molecule has 4 aliphatic heterocycles. The fraction of sp³-hybridized carbons (Fsp3) is 0.903. The Morgan fingerprint density at radius 1 is 1.05 bits per heavy atom. The third kappa shape index (κ3) is 7.68. The maximum absolute atomic E-state index is 13.3. The predicted octanol–water partition coefficient (Wildman–Crippen LogP) is 5.75. The van der Waals surface area contributed by atoms with Crippen molar-refractivity contribution >= 4 is 11.9 Å². The van der Waals surface area contributed by atoms with Crippen LogP contribution in [0, 0.1) is 17.3 Å². The molecular weight excluding hydrogens is 575 g/mol. The molecule has 4 bridgehead atoms. The maximum atomic E-state index is 13.3. The van der Waals surface area contributed by atoms with Gasteiger partial charge in [-0.1, -0.05) is 24.8 Å². The molecule has 5 aliphatic rings. The third-order valence-corrected chi connectivity index (χ3v) is 11.8. The van der Waals surface area contributed by atoms with Crippen molar-refractivity contribution in [1.29, 1.82) is 0 Å². The van der Waals surface area contributed by atoms with Gasteiger partial charge in [0.05, 0.1) is 29.7 Å². The van der Waals surface area contributed by atoms with Crippen molar-refractivity contribution in [3.63, 3.8) is 0 Å². The highest BCUT2D eigenvalue weighted by Crippen LogP contribution is 2.59. The lowest BCUT2D eigenvalue weighted by Gasteiger charge is -2.47. The molecule has 1 aliphatic carbocycles. The lowest BCUT2D eigenvalue weighted by Crippen LogP contribution is -2.60. The standard InChI is InChI=1S/C31H52F3N7OS/c1-29(2)19-22-7-4-3-5-16-35-24-8-6-9-27(37-24)43-36-20-23-10-11-25(38-28(23)40(29)21-22)41-17-12-26(39-41)42-18-15-30(13-14-30)31(32,33)34/h12,17,22-25,27-28,35-38H,3-11,13-16,18-21H2,1-2H3. The van der Waals surface area contributed by atoms with Gasteiger partial charge in [-0.25, -0.2) is 0 Å². The van der Waals surface area contributed by atoms with Crippen molar-refractivity contribution in [2.75, 3.05) is 26.2 Å². The molecule has 1 aromatic rings. The number of hydrogen-bond donors (Lipinski definition) is 4. The lowest BCUT2D eigenvalue weighted by molar-refractivity contribution is -0.190. The van der Waals surface area contributed by atoms with Crippen molar-refractivity contribution in [1.82, 2.24) is 35.4 Å². The molecule has 5 heterocycles. The summed E-state index contributed by atoms with van der Waals surface area (Å²) in [6.07, 6.45) is 10.8. The number of nitrogens with one attached hydrogen (secondary N) is 4. The molecule has 4 saturated heterocycles. The molecule has 6 rings (SSSR count). The van der Waals surface area contributed by atoms with Gasteiger partial charge in [0.25, 0.3) is 0 Å². The van der Waals surface area contributed by atoms with Crippen molar-refractivity contribution in [3.8, 4) is 5.88 Å². The first-order valence-corrected chi connectivity index (χ1v) is 17.7. The Morgan fingerprint density at radius 2 is 1.91 bits per heavy atom. The van der Waals surface area contributed by atoms with Crippen LogP contribution in [-0.4, -0.2) is 70.3 Å². The van der Waals surface area contributed by atoms with Crippen molar-refractivity contribution in [3.05, 3.63) is 12.3 Å². The molecule has 43 heavy (non-hydrogen) atoms. The van der Waals surface area contributed by atoms with Crippen LogP contribution in [-0.2, 0) is 0 Å². The van der Waals surface area contributed by atoms with E-state index in [4.69, 9.17) is 4.74 Å². The van der Waals surface area contributed by atoms with Crippen molar-refractivity contribution < 1.29 is 17.9 Å². The van der Waals surface area contributed by atoms with Gasteiger partial charge >= 0.3 is 6.18 Å². The number of rotatable bonds is 5. The Kier molecular flexibility index (Phi) is 9.91. The van der Waals surface area contributed by atoms with E-state index in [0.29, 0.717) is 29.3 Å². The van der Waals surface area contributed by atoms with E-state index in [0.717, 1.165) is 32.5 Å². The summed E-state index contributed by atoms with van der Waals surface area (Å²) in [6.45, 7) is 7.99. The van der Waals surface area contributed by atoms with E-state index in [2.05, 4.69) is 44.5 Å². The Labute approximate surface area is 259 Å². The summed E-state index contributed by atoms with van der Waals surface area (Å²) in [6, 6.07) is 1.79. The lowest BCUT2D eigenvalue weighted by atomic mass is 9.90. The first-order valence-electron chi connectivity index (χ1n) is 16.8. The van der Waals surface area contributed by atoms with E-state index in [9.17, 15) is 13.2 Å². The largest absolute Gasteiger partial charge is 0.477 e. The second-order valence-corrected chi connectivity index (χ2v) is 15.5. The molecule has 0 spiro atoms. The van der Waals surface area contributed by atoms with Gasteiger partial charge in [0.15, 0.2) is 0 Å². The van der Waals surface area contributed by atoms with Crippen LogP contribution in [0.4, 0.5) is 13.2 Å². The number of nitrogens with zero attached hydrogens (tertiary/aromatic N) is 3. The highest BCUT2D eigenvalue weighted by atomic mass is 32.2. The fourth-order valence-corrected chi connectivity index (χ4v) is 9.01. The monoisotopic (exact) mass is 627 g/mol. The van der Waals surface area contributed by atoms with Crippen molar-refractivity contribution in [2.24, 2.45) is 17.3 Å². The van der Waals surface area contributed by atoms with Crippen LogP contribution in [0.25, 0.3) is 0 Å². The summed E-state index contributed by atoms with van der Waals surface area (Å²) in [5.41, 5.74) is -1.44. The minimum absolute atomic E-state index is 0.00143. The van der Waals surface area contributed by atoms with Gasteiger partial charge in [0.2, 0.25) is 5.88 Å². The number of alkyl halides is 3. The second kappa shape index (κ2) is 13.4. The number of aromatic nitrogens is 2. The van der Waals surface area contributed by atoms with Crippen LogP contribution in [0.1, 0.15) is 103 Å². The fourth-order valence-electron chi connectivity index (χ4n) is 7.98. The molecule has 244 valence electrons. The summed E-state index contributed by atoms with van der Waals surface area (Å²) in [5.74, 6) is 1.57. The Balaban J connectivity index is 1.11. The average molecular weight is 628 g/mol. The average Bonchev–Trinajstić information content (AvgIpc) is 3.52. The number of hydrogen-bond acceptors (Lipinski definition) is 8. The zero-order chi connectivity index (χ0) is 30.1. The third-order valence-electron chi connectivity index (χ3n) is 10.8. The van der Waals surface area contributed by atoms with Gasteiger partial charge < -0.3 is 10.1 Å². The van der Waals surface area contributed by atoms with Gasteiger partial charge in [-0.05, 0) is 96.9 Å². The second-order valence-electron chi connectivity index (χ2n) is 14.4. The van der Waals surface area contributed by atoms with Gasteiger partial charge in [0.1, 0.15) is 6.17 Å². The number of halogens is 3. The van der Waals surface area contributed by atoms with Crippen molar-refractivity contribution in [2.45, 2.75) is 133 Å². The number of piperidine rings is 2. The number of ether oxygens (including phenoxy) is 1. The minimum atomic E-state index is -4.15. The summed E-state index contributed by atoms with van der Waals surface area (Å²) < 4.78 is 51.3. The topological polar surface area (TPSA) is 78.4 Å². The van der Waals surface area contributed by atoms with E-state index in [1.54, 1.807) is 6.07 Å². The maximum Gasteiger partial charge on any atom is 0.394 e. The first kappa shape index (κ1) is 31.9. The zero-order valence-corrected chi connectivity index (χ0v) is 26.7. The van der Waals surface area contributed by atoms with Crippen LogP contribution in [0.3, 0.4) is 0 Å². The highest BCUT2D eigenvalue weighted by Gasteiger charge is 2.62. The quantitative estimate of drug-likeness (QED) is 0.308. The summed E-state index contributed by atoms with van der Waals surface area (Å²) in [5, 5.41) is 16.6. The molecule has 0 radical (unpaired) electrons. The minimum Gasteiger partial charge on any atom is -0.477 e. The molecule has 8 nitrogen and oxygen atoms in total. The van der Waals surface area contributed by atoms with E-state index in [-0.39, 0.29) is 43.7 Å². The highest BCUT2D eigenvalue weighted by molar-refractivity contribution is 7.98. The molecule has 1 saturated carbocycles. The van der Waals surface area contributed by atoms with Crippen LogP contribution >= 0.6 is 11.9 Å². The van der Waals surface area contributed by atoms with Crippen LogP contribution < -0.4 is 25.4 Å². The summed E-state index contributed by atoms with van der Waals surface area (Å²) >= 11 is 1.86. The Hall–Kier alpha value is -1.05. The van der Waals surface area contributed by atoms with E-state index >= 15 is 0 Å². The SMILES string of the molecule is CC1(C)CC2CCCCCNC3CCCC(N3)SNCC3CCC(n4ccc(OCCC5(C(F)(F)F)CC5)n4)NC3N1C2. The van der Waals surface area contributed by atoms with Crippen LogP contribution in [0.5, 0.6) is 5.88 Å². The molecule has 1 aromatic heterocycles. The molecule has 0 amide bonds. The zero-order valence-electron chi connectivity index (χ0n) is 25.9. The van der Waals surface area contributed by atoms with Gasteiger partial charge in [0, 0.05) is 36.8 Å². The molecule has 5 fully saturated rings.